The van der Waals surface area contributed by atoms with Gasteiger partial charge in [0.05, 0.1) is 6.42 Å². The molecular formula is C22H25N3O. The van der Waals surface area contributed by atoms with Crippen molar-refractivity contribution >= 4 is 22.5 Å². The summed E-state index contributed by atoms with van der Waals surface area (Å²) in [6, 6.07) is 14.6. The highest BCUT2D eigenvalue weighted by Gasteiger charge is 2.23. The molecule has 1 aromatic heterocycles. The number of nitrogens with zero attached hydrogens (tertiary/aromatic N) is 2. The first-order chi connectivity index (χ1) is 12.6. The van der Waals surface area contributed by atoms with Crippen molar-refractivity contribution in [2.75, 3.05) is 31.1 Å². The maximum Gasteiger partial charge on any atom is 0.227 e. The molecule has 0 radical (unpaired) electrons. The Labute approximate surface area is 154 Å². The van der Waals surface area contributed by atoms with E-state index in [1.165, 1.54) is 16.8 Å². The Balaban J connectivity index is 1.42. The van der Waals surface area contributed by atoms with Gasteiger partial charge in [-0.05, 0) is 36.6 Å². The molecule has 1 saturated heterocycles. The van der Waals surface area contributed by atoms with E-state index in [9.17, 15) is 4.79 Å². The topological polar surface area (TPSA) is 39.3 Å². The van der Waals surface area contributed by atoms with Gasteiger partial charge in [-0.1, -0.05) is 36.4 Å². The summed E-state index contributed by atoms with van der Waals surface area (Å²) >= 11 is 0. The number of nitrogens with one attached hydrogen (secondary N) is 1. The highest BCUT2D eigenvalue weighted by Crippen LogP contribution is 2.26. The number of para-hydroxylation sites is 2. The summed E-state index contributed by atoms with van der Waals surface area (Å²) in [5.41, 5.74) is 6.13. The van der Waals surface area contributed by atoms with Crippen LogP contribution in [-0.4, -0.2) is 42.0 Å². The van der Waals surface area contributed by atoms with E-state index in [1.54, 1.807) is 0 Å². The van der Waals surface area contributed by atoms with Gasteiger partial charge >= 0.3 is 0 Å². The smallest absolute Gasteiger partial charge is 0.227 e. The summed E-state index contributed by atoms with van der Waals surface area (Å²) in [6.45, 7) is 7.69. The van der Waals surface area contributed by atoms with E-state index in [2.05, 4.69) is 48.0 Å². The van der Waals surface area contributed by atoms with Crippen molar-refractivity contribution in [2.24, 2.45) is 0 Å². The van der Waals surface area contributed by atoms with Crippen LogP contribution in [0.2, 0.25) is 0 Å². The summed E-state index contributed by atoms with van der Waals surface area (Å²) < 4.78 is 0. The first-order valence-electron chi connectivity index (χ1n) is 9.27. The van der Waals surface area contributed by atoms with E-state index in [0.29, 0.717) is 6.42 Å². The second-order valence-corrected chi connectivity index (χ2v) is 7.14. The average molecular weight is 347 g/mol. The Hall–Kier alpha value is -2.75. The molecule has 0 spiro atoms. The van der Waals surface area contributed by atoms with Gasteiger partial charge in [-0.25, -0.2) is 0 Å². The molecule has 1 amide bonds. The van der Waals surface area contributed by atoms with Gasteiger partial charge in [0.25, 0.3) is 0 Å². The van der Waals surface area contributed by atoms with Crippen molar-refractivity contribution in [1.82, 2.24) is 9.88 Å². The van der Waals surface area contributed by atoms with Crippen molar-refractivity contribution in [1.29, 1.82) is 0 Å². The van der Waals surface area contributed by atoms with E-state index in [-0.39, 0.29) is 5.91 Å². The van der Waals surface area contributed by atoms with Gasteiger partial charge in [0.1, 0.15) is 0 Å². The number of amides is 1. The molecule has 1 fully saturated rings. The second-order valence-electron chi connectivity index (χ2n) is 7.14. The highest BCUT2D eigenvalue weighted by atomic mass is 16.2. The third-order valence-corrected chi connectivity index (χ3v) is 5.40. The van der Waals surface area contributed by atoms with Crippen LogP contribution in [0.1, 0.15) is 16.7 Å². The van der Waals surface area contributed by atoms with Crippen LogP contribution in [0.25, 0.3) is 10.9 Å². The van der Waals surface area contributed by atoms with E-state index in [1.807, 2.05) is 29.3 Å². The normalized spacial score (nSPS) is 14.8. The second kappa shape index (κ2) is 6.87. The maximum absolute atomic E-state index is 12.8. The number of carbonyl (C=O) groups is 1. The molecule has 0 atom stereocenters. The Morgan fingerprint density at radius 2 is 1.65 bits per heavy atom. The Kier molecular flexibility index (Phi) is 4.41. The zero-order valence-electron chi connectivity index (χ0n) is 15.5. The van der Waals surface area contributed by atoms with E-state index in [4.69, 9.17) is 0 Å². The van der Waals surface area contributed by atoms with Gasteiger partial charge in [-0.3, -0.25) is 4.79 Å². The zero-order chi connectivity index (χ0) is 18.1. The molecule has 0 bridgehead atoms. The molecule has 4 heteroatoms. The molecule has 1 aliphatic heterocycles. The van der Waals surface area contributed by atoms with Gasteiger partial charge in [0.15, 0.2) is 0 Å². The van der Waals surface area contributed by atoms with Crippen LogP contribution in [-0.2, 0) is 11.2 Å². The summed E-state index contributed by atoms with van der Waals surface area (Å²) in [5, 5.41) is 1.15. The predicted molar refractivity (Wildman–Crippen MR) is 107 cm³/mol. The van der Waals surface area contributed by atoms with E-state index < -0.39 is 0 Å². The van der Waals surface area contributed by atoms with Crippen LogP contribution in [0.15, 0.2) is 48.7 Å². The summed E-state index contributed by atoms with van der Waals surface area (Å²) in [5.74, 6) is 0.218. The van der Waals surface area contributed by atoms with E-state index in [0.717, 1.165) is 42.6 Å². The lowest BCUT2D eigenvalue weighted by Gasteiger charge is -2.37. The third-order valence-electron chi connectivity index (χ3n) is 5.40. The number of rotatable bonds is 3. The van der Waals surface area contributed by atoms with Crippen LogP contribution in [0.4, 0.5) is 5.69 Å². The summed E-state index contributed by atoms with van der Waals surface area (Å²) in [4.78, 5) is 20.5. The first kappa shape index (κ1) is 16.7. The van der Waals surface area contributed by atoms with Gasteiger partial charge < -0.3 is 14.8 Å². The molecule has 0 unspecified atom stereocenters. The number of hydrogen-bond donors (Lipinski definition) is 1. The lowest BCUT2D eigenvalue weighted by Crippen LogP contribution is -2.49. The average Bonchev–Trinajstić information content (AvgIpc) is 3.05. The largest absolute Gasteiger partial charge is 0.368 e. The quantitative estimate of drug-likeness (QED) is 0.785. The van der Waals surface area contributed by atoms with Crippen LogP contribution in [0.5, 0.6) is 0 Å². The number of fused-ring (bicyclic) bond motifs is 1. The third kappa shape index (κ3) is 3.07. The standard InChI is InChI=1S/C22H25N3O/c1-16-6-5-7-17(2)22(16)25-12-10-24(11-13-25)21(26)14-18-15-23-20-9-4-3-8-19(18)20/h3-9,15,23H,10-14H2,1-2H3. The number of hydrogen-bond acceptors (Lipinski definition) is 2. The predicted octanol–water partition coefficient (Wildman–Crippen LogP) is 3.68. The fourth-order valence-electron chi connectivity index (χ4n) is 4.04. The number of carbonyl (C=O) groups excluding carboxylic acids is 1. The molecule has 4 nitrogen and oxygen atoms in total. The number of H-pyrrole nitrogens is 1. The molecule has 1 aliphatic rings. The Morgan fingerprint density at radius 1 is 0.962 bits per heavy atom. The van der Waals surface area contributed by atoms with Crippen LogP contribution in [0.3, 0.4) is 0 Å². The minimum atomic E-state index is 0.218. The molecule has 1 N–H and O–H groups in total. The molecule has 3 aromatic rings. The van der Waals surface area contributed by atoms with Gasteiger partial charge in [-0.2, -0.15) is 0 Å². The van der Waals surface area contributed by atoms with Crippen LogP contribution < -0.4 is 4.90 Å². The summed E-state index contributed by atoms with van der Waals surface area (Å²) in [7, 11) is 0. The lowest BCUT2D eigenvalue weighted by molar-refractivity contribution is -0.130. The number of aromatic nitrogens is 1. The van der Waals surface area contributed by atoms with Crippen LogP contribution >= 0.6 is 0 Å². The zero-order valence-corrected chi connectivity index (χ0v) is 15.5. The molecule has 2 heterocycles. The van der Waals surface area contributed by atoms with E-state index >= 15 is 0 Å². The van der Waals surface area contributed by atoms with Crippen molar-refractivity contribution in [3.8, 4) is 0 Å². The number of anilines is 1. The number of benzene rings is 2. The van der Waals surface area contributed by atoms with Crippen molar-refractivity contribution in [2.45, 2.75) is 20.3 Å². The molecule has 2 aromatic carbocycles. The Morgan fingerprint density at radius 3 is 2.38 bits per heavy atom. The number of aryl methyl sites for hydroxylation is 2. The summed E-state index contributed by atoms with van der Waals surface area (Å²) in [6.07, 6.45) is 2.43. The SMILES string of the molecule is Cc1cccc(C)c1N1CCN(C(=O)Cc2c[nH]c3ccccc23)CC1. The minimum absolute atomic E-state index is 0.218. The minimum Gasteiger partial charge on any atom is -0.368 e. The molecule has 26 heavy (non-hydrogen) atoms. The Bertz CT molecular complexity index is 915. The fourth-order valence-corrected chi connectivity index (χ4v) is 4.04. The van der Waals surface area contributed by atoms with Gasteiger partial charge in [-0.15, -0.1) is 0 Å². The van der Waals surface area contributed by atoms with Gasteiger partial charge in [0, 0.05) is 49.0 Å². The molecular weight excluding hydrogens is 322 g/mol. The number of piperazine rings is 1. The molecule has 4 rings (SSSR count). The fraction of sp³-hybridized carbons (Fsp3) is 0.318. The van der Waals surface area contributed by atoms with Crippen LogP contribution in [0, 0.1) is 13.8 Å². The monoisotopic (exact) mass is 347 g/mol. The lowest BCUT2D eigenvalue weighted by atomic mass is 10.1. The first-order valence-corrected chi connectivity index (χ1v) is 9.27. The molecule has 134 valence electrons. The maximum atomic E-state index is 12.8. The molecule has 0 aliphatic carbocycles. The highest BCUT2D eigenvalue weighted by molar-refractivity contribution is 5.89. The van der Waals surface area contributed by atoms with Crippen molar-refractivity contribution in [3.63, 3.8) is 0 Å². The number of aromatic amines is 1. The van der Waals surface area contributed by atoms with Crippen molar-refractivity contribution in [3.05, 3.63) is 65.4 Å². The molecule has 0 saturated carbocycles. The van der Waals surface area contributed by atoms with Gasteiger partial charge in [0.2, 0.25) is 5.91 Å². The van der Waals surface area contributed by atoms with Crippen molar-refractivity contribution < 1.29 is 4.79 Å².